The molecule has 2 aromatic rings. The van der Waals surface area contributed by atoms with E-state index in [1.807, 2.05) is 0 Å². The van der Waals surface area contributed by atoms with Gasteiger partial charge >= 0.3 is 0 Å². The number of anilines is 3. The van der Waals surface area contributed by atoms with Crippen molar-refractivity contribution in [2.75, 3.05) is 41.3 Å². The molecule has 1 saturated heterocycles. The fourth-order valence-electron chi connectivity index (χ4n) is 3.64. The van der Waals surface area contributed by atoms with E-state index in [2.05, 4.69) is 55.2 Å². The minimum atomic E-state index is 0.210. The Balaban J connectivity index is 1.42. The zero-order valence-corrected chi connectivity index (χ0v) is 14.6. The molecule has 1 atom stereocenters. The molecule has 2 aliphatic heterocycles. The number of nitrogens with one attached hydrogen (secondary N) is 1. The summed E-state index contributed by atoms with van der Waals surface area (Å²) >= 11 is 0. The summed E-state index contributed by atoms with van der Waals surface area (Å²) < 4.78 is 0. The van der Waals surface area contributed by atoms with E-state index in [0.717, 1.165) is 39.0 Å². The molecular weight excluding hydrogens is 314 g/mol. The summed E-state index contributed by atoms with van der Waals surface area (Å²) in [5, 5.41) is 3.32. The average Bonchev–Trinajstić information content (AvgIpc) is 3.25. The van der Waals surface area contributed by atoms with Crippen LogP contribution in [0.1, 0.15) is 24.5 Å². The first-order valence-electron chi connectivity index (χ1n) is 9.03. The van der Waals surface area contributed by atoms with Gasteiger partial charge in [-0.25, -0.2) is 9.97 Å². The molecule has 0 spiro atoms. The monoisotopic (exact) mass is 339 g/mol. The van der Waals surface area contributed by atoms with Crippen LogP contribution in [0.3, 0.4) is 0 Å². The molecule has 1 aromatic heterocycles. The molecule has 0 bridgehead atoms. The Morgan fingerprint density at radius 2 is 2.20 bits per heavy atom. The van der Waals surface area contributed by atoms with Crippen LogP contribution >= 0.6 is 0 Å². The molecule has 1 fully saturated rings. The van der Waals surface area contributed by atoms with Crippen LogP contribution in [0.15, 0.2) is 24.5 Å². The van der Waals surface area contributed by atoms with Gasteiger partial charge in [0.15, 0.2) is 0 Å². The molecule has 1 aromatic carbocycles. The molecule has 4 rings (SSSR count). The molecule has 2 aliphatic rings. The molecule has 0 aliphatic carbocycles. The molecule has 132 valence electrons. The lowest BCUT2D eigenvalue weighted by Crippen LogP contribution is -2.27. The fourth-order valence-corrected chi connectivity index (χ4v) is 3.64. The third-order valence-corrected chi connectivity index (χ3v) is 5.03. The van der Waals surface area contributed by atoms with Crippen molar-refractivity contribution in [1.82, 2.24) is 15.0 Å². The van der Waals surface area contributed by atoms with Crippen LogP contribution in [0.5, 0.6) is 0 Å². The van der Waals surface area contributed by atoms with Gasteiger partial charge in [0.25, 0.3) is 0 Å². The molecule has 1 unspecified atom stereocenters. The molecule has 0 saturated carbocycles. The van der Waals surface area contributed by atoms with Crippen LogP contribution in [0.2, 0.25) is 0 Å². The van der Waals surface area contributed by atoms with Crippen LogP contribution in [-0.2, 0) is 13.0 Å². The second kappa shape index (κ2) is 6.84. The van der Waals surface area contributed by atoms with Gasteiger partial charge in [-0.3, -0.25) is 0 Å². The number of nitrogens with two attached hydrogens (primary N) is 1. The van der Waals surface area contributed by atoms with E-state index in [0.29, 0.717) is 18.4 Å². The van der Waals surface area contributed by atoms with E-state index >= 15 is 0 Å². The zero-order chi connectivity index (χ0) is 17.2. The van der Waals surface area contributed by atoms with Crippen molar-refractivity contribution in [3.63, 3.8) is 0 Å². The normalized spacial score (nSPS) is 19.4. The summed E-state index contributed by atoms with van der Waals surface area (Å²) in [5.74, 6) is 1.32. The summed E-state index contributed by atoms with van der Waals surface area (Å²) in [6.45, 7) is 6.82. The molecule has 0 amide bonds. The standard InChI is InChI=1S/C18H25N7/c1-2-24-7-5-14-9-13(3-4-16(14)24)10-20-17-21-12-22-18(23-17)25-8-6-15(19)11-25/h3-4,9,12,15H,2,5-8,10-11,19H2,1H3,(H,20,21,22,23). The summed E-state index contributed by atoms with van der Waals surface area (Å²) in [7, 11) is 0. The average molecular weight is 339 g/mol. The molecule has 25 heavy (non-hydrogen) atoms. The lowest BCUT2D eigenvalue weighted by Gasteiger charge is -2.17. The number of aromatic nitrogens is 3. The van der Waals surface area contributed by atoms with Gasteiger partial charge in [-0.2, -0.15) is 4.98 Å². The Kier molecular flexibility index (Phi) is 4.40. The van der Waals surface area contributed by atoms with E-state index in [1.54, 1.807) is 6.33 Å². The number of likely N-dealkylation sites (N-methyl/N-ethyl adjacent to an activating group) is 1. The predicted molar refractivity (Wildman–Crippen MR) is 100.0 cm³/mol. The fraction of sp³-hybridized carbons (Fsp3) is 0.500. The summed E-state index contributed by atoms with van der Waals surface area (Å²) in [6, 6.07) is 6.91. The van der Waals surface area contributed by atoms with E-state index in [4.69, 9.17) is 5.73 Å². The van der Waals surface area contributed by atoms with Gasteiger partial charge in [0.2, 0.25) is 11.9 Å². The highest BCUT2D eigenvalue weighted by atomic mass is 15.3. The van der Waals surface area contributed by atoms with Gasteiger partial charge in [0.05, 0.1) is 0 Å². The Morgan fingerprint density at radius 1 is 1.28 bits per heavy atom. The lowest BCUT2D eigenvalue weighted by atomic mass is 10.1. The number of hydrogen-bond donors (Lipinski definition) is 2. The number of benzene rings is 1. The van der Waals surface area contributed by atoms with E-state index in [1.165, 1.54) is 16.8 Å². The van der Waals surface area contributed by atoms with Crippen LogP contribution in [0, 0.1) is 0 Å². The molecular formula is C18H25N7. The highest BCUT2D eigenvalue weighted by Crippen LogP contribution is 2.28. The minimum absolute atomic E-state index is 0.210. The van der Waals surface area contributed by atoms with Crippen molar-refractivity contribution >= 4 is 17.6 Å². The lowest BCUT2D eigenvalue weighted by molar-refractivity contribution is 0.749. The van der Waals surface area contributed by atoms with Crippen molar-refractivity contribution in [2.45, 2.75) is 32.4 Å². The van der Waals surface area contributed by atoms with Crippen molar-refractivity contribution in [3.05, 3.63) is 35.7 Å². The van der Waals surface area contributed by atoms with Gasteiger partial charge in [0, 0.05) is 44.5 Å². The smallest absolute Gasteiger partial charge is 0.230 e. The van der Waals surface area contributed by atoms with Crippen LogP contribution < -0.4 is 20.9 Å². The van der Waals surface area contributed by atoms with Crippen LogP contribution in [-0.4, -0.2) is 47.2 Å². The van der Waals surface area contributed by atoms with E-state index in [9.17, 15) is 0 Å². The van der Waals surface area contributed by atoms with Gasteiger partial charge in [-0.05, 0) is 37.0 Å². The zero-order valence-electron chi connectivity index (χ0n) is 14.6. The van der Waals surface area contributed by atoms with Crippen LogP contribution in [0.25, 0.3) is 0 Å². The maximum Gasteiger partial charge on any atom is 0.230 e. The maximum absolute atomic E-state index is 5.97. The Morgan fingerprint density at radius 3 is 3.00 bits per heavy atom. The number of nitrogens with zero attached hydrogens (tertiary/aromatic N) is 5. The van der Waals surface area contributed by atoms with Crippen molar-refractivity contribution in [1.29, 1.82) is 0 Å². The second-order valence-corrected chi connectivity index (χ2v) is 6.75. The number of rotatable bonds is 5. The molecule has 7 nitrogen and oxygen atoms in total. The van der Waals surface area contributed by atoms with Gasteiger partial charge in [-0.1, -0.05) is 12.1 Å². The maximum atomic E-state index is 5.97. The Bertz CT molecular complexity index is 748. The van der Waals surface area contributed by atoms with Crippen molar-refractivity contribution < 1.29 is 0 Å². The van der Waals surface area contributed by atoms with Crippen molar-refractivity contribution in [3.8, 4) is 0 Å². The molecule has 3 heterocycles. The van der Waals surface area contributed by atoms with E-state index < -0.39 is 0 Å². The molecule has 0 radical (unpaired) electrons. The number of hydrogen-bond acceptors (Lipinski definition) is 7. The first kappa shape index (κ1) is 16.1. The first-order chi connectivity index (χ1) is 12.2. The quantitative estimate of drug-likeness (QED) is 0.852. The predicted octanol–water partition coefficient (Wildman–Crippen LogP) is 1.40. The Hall–Kier alpha value is -2.41. The third kappa shape index (κ3) is 3.37. The first-order valence-corrected chi connectivity index (χ1v) is 9.03. The third-order valence-electron chi connectivity index (χ3n) is 5.03. The van der Waals surface area contributed by atoms with Crippen molar-refractivity contribution in [2.24, 2.45) is 5.73 Å². The van der Waals surface area contributed by atoms with Gasteiger partial charge in [-0.15, -0.1) is 0 Å². The highest BCUT2D eigenvalue weighted by Gasteiger charge is 2.21. The summed E-state index contributed by atoms with van der Waals surface area (Å²) in [4.78, 5) is 17.6. The minimum Gasteiger partial charge on any atom is -0.371 e. The van der Waals surface area contributed by atoms with Gasteiger partial charge < -0.3 is 20.9 Å². The molecule has 3 N–H and O–H groups in total. The van der Waals surface area contributed by atoms with Gasteiger partial charge in [0.1, 0.15) is 6.33 Å². The SMILES string of the molecule is CCN1CCc2cc(CNc3ncnc(N4CCC(N)C4)n3)ccc21. The number of fused-ring (bicyclic) bond motifs is 1. The summed E-state index contributed by atoms with van der Waals surface area (Å²) in [6.07, 6.45) is 3.68. The highest BCUT2D eigenvalue weighted by molar-refractivity contribution is 5.59. The Labute approximate surface area is 148 Å². The van der Waals surface area contributed by atoms with Crippen LogP contribution in [0.4, 0.5) is 17.6 Å². The summed E-state index contributed by atoms with van der Waals surface area (Å²) in [5.41, 5.74) is 10.0. The second-order valence-electron chi connectivity index (χ2n) is 6.75. The largest absolute Gasteiger partial charge is 0.371 e. The van der Waals surface area contributed by atoms with E-state index in [-0.39, 0.29) is 6.04 Å². The topological polar surface area (TPSA) is 83.2 Å². The molecule has 7 heteroatoms.